The van der Waals surface area contributed by atoms with Gasteiger partial charge in [-0.1, -0.05) is 0 Å². The quantitative estimate of drug-likeness (QED) is 0.452. The van der Waals surface area contributed by atoms with E-state index in [1.165, 1.54) is 0 Å². The second-order valence-corrected chi connectivity index (χ2v) is 4.43. The van der Waals surface area contributed by atoms with E-state index < -0.39 is 11.4 Å². The maximum absolute atomic E-state index is 10.1. The fraction of sp³-hybridized carbons (Fsp3) is 1.00. The van der Waals surface area contributed by atoms with Gasteiger partial charge in [0.05, 0.1) is 24.6 Å². The Balaban J connectivity index is 2.01. The second-order valence-electron chi connectivity index (χ2n) is 3.79. The Kier molecular flexibility index (Phi) is 7.10. The van der Waals surface area contributed by atoms with Crippen LogP contribution >= 0.6 is 0 Å². The summed E-state index contributed by atoms with van der Waals surface area (Å²) in [6, 6.07) is 0. The van der Waals surface area contributed by atoms with E-state index in [4.69, 9.17) is 5.11 Å². The fourth-order valence-electron chi connectivity index (χ4n) is 1.79. The van der Waals surface area contributed by atoms with Crippen LogP contribution in [-0.4, -0.2) is 76.2 Å². The number of piperazine rings is 1. The van der Waals surface area contributed by atoms with Crippen LogP contribution in [0.5, 0.6) is 0 Å². The van der Waals surface area contributed by atoms with Gasteiger partial charge in [-0.3, -0.25) is 4.90 Å². The van der Waals surface area contributed by atoms with E-state index in [0.29, 0.717) is 0 Å². The van der Waals surface area contributed by atoms with E-state index in [1.807, 2.05) is 0 Å². The summed E-state index contributed by atoms with van der Waals surface area (Å²) in [6.45, 7) is 5.96. The molecule has 1 aliphatic rings. The molecule has 1 fully saturated rings. The van der Waals surface area contributed by atoms with Gasteiger partial charge in [0, 0.05) is 39.3 Å². The van der Waals surface area contributed by atoms with Crippen LogP contribution in [0.1, 0.15) is 6.42 Å². The normalized spacial score (nSPS) is 21.1. The topological polar surface area (TPSA) is 76.1 Å². The molecule has 0 saturated carbocycles. The second kappa shape index (κ2) is 8.10. The van der Waals surface area contributed by atoms with Crippen molar-refractivity contribution in [2.75, 3.05) is 52.5 Å². The van der Waals surface area contributed by atoms with Crippen LogP contribution < -0.4 is 0 Å². The lowest BCUT2D eigenvalue weighted by molar-refractivity contribution is 0.108. The highest BCUT2D eigenvalue weighted by molar-refractivity contribution is 7.74. The Morgan fingerprint density at radius 2 is 1.75 bits per heavy atom. The van der Waals surface area contributed by atoms with Crippen molar-refractivity contribution in [3.63, 3.8) is 0 Å². The lowest BCUT2D eigenvalue weighted by Gasteiger charge is -2.34. The van der Waals surface area contributed by atoms with Crippen molar-refractivity contribution in [3.05, 3.63) is 0 Å². The Hall–Kier alpha value is -0.0500. The minimum absolute atomic E-state index is 0.211. The minimum atomic E-state index is -2.38. The minimum Gasteiger partial charge on any atom is -0.750 e. The highest BCUT2D eigenvalue weighted by atomic mass is 32.2. The summed E-state index contributed by atoms with van der Waals surface area (Å²) in [5, 5.41) is 8.78. The number of rotatable bonds is 7. The molecule has 0 spiro atoms. The highest BCUT2D eigenvalue weighted by Crippen LogP contribution is 2.02. The van der Waals surface area contributed by atoms with Gasteiger partial charge < -0.3 is 18.7 Å². The first-order valence-corrected chi connectivity index (χ1v) is 6.50. The molecule has 0 amide bonds. The van der Waals surface area contributed by atoms with Crippen LogP contribution in [0.25, 0.3) is 0 Å². The number of β-amino-alcohol motifs (C(OH)–C–C–N with tert-alkyl or cyclic N) is 1. The van der Waals surface area contributed by atoms with Gasteiger partial charge in [-0.05, 0) is 6.42 Å². The molecule has 1 atom stereocenters. The molecule has 1 N–H and O–H groups in total. The van der Waals surface area contributed by atoms with Crippen LogP contribution in [0.15, 0.2) is 0 Å². The van der Waals surface area contributed by atoms with Crippen molar-refractivity contribution < 1.29 is 18.1 Å². The summed E-state index contributed by atoms with van der Waals surface area (Å²) in [7, 11) is 0. The third kappa shape index (κ3) is 5.88. The maximum Gasteiger partial charge on any atom is 0.0842 e. The van der Waals surface area contributed by atoms with Crippen LogP contribution in [0, 0.1) is 0 Å². The number of nitrogens with zero attached hydrogens (tertiary/aromatic N) is 2. The molecular weight excluding hydrogens is 232 g/mol. The lowest BCUT2D eigenvalue weighted by atomic mass is 10.3. The Morgan fingerprint density at radius 1 is 1.19 bits per heavy atom. The van der Waals surface area contributed by atoms with Crippen molar-refractivity contribution in [2.45, 2.75) is 6.42 Å². The zero-order valence-electron chi connectivity index (χ0n) is 9.34. The predicted molar refractivity (Wildman–Crippen MR) is 59.5 cm³/mol. The van der Waals surface area contributed by atoms with E-state index in [0.717, 1.165) is 45.7 Å². The van der Waals surface area contributed by atoms with Crippen molar-refractivity contribution in [3.8, 4) is 0 Å². The largest absolute Gasteiger partial charge is 0.750 e. The van der Waals surface area contributed by atoms with Gasteiger partial charge in [0.1, 0.15) is 0 Å². The Morgan fingerprint density at radius 3 is 2.25 bits per heavy atom. The van der Waals surface area contributed by atoms with E-state index in [-0.39, 0.29) is 13.2 Å². The van der Waals surface area contributed by atoms with Crippen LogP contribution in [0.3, 0.4) is 0 Å². The average molecular weight is 251 g/mol. The smallest absolute Gasteiger partial charge is 0.0842 e. The highest BCUT2D eigenvalue weighted by Gasteiger charge is 2.15. The number of aliphatic hydroxyl groups is 1. The predicted octanol–water partition coefficient (Wildman–Crippen LogP) is -1.20. The zero-order valence-corrected chi connectivity index (χ0v) is 10.2. The van der Waals surface area contributed by atoms with Crippen LogP contribution in [0.2, 0.25) is 0 Å². The van der Waals surface area contributed by atoms with E-state index in [9.17, 15) is 8.76 Å². The van der Waals surface area contributed by atoms with Gasteiger partial charge in [0.25, 0.3) is 0 Å². The van der Waals surface area contributed by atoms with Gasteiger partial charge in [-0.15, -0.1) is 0 Å². The summed E-state index contributed by atoms with van der Waals surface area (Å²) in [4.78, 5) is 4.50. The standard InChI is InChI=1S/C9H20N2O4S/c12-8-7-11-5-3-10(4-6-11)2-1-9-15-16(13)14/h12H,1-9H2,(H,13,14)/p-1. The first kappa shape index (κ1) is 14.0. The molecule has 1 aliphatic heterocycles. The molecule has 0 aromatic carbocycles. The van der Waals surface area contributed by atoms with Gasteiger partial charge >= 0.3 is 0 Å². The average Bonchev–Trinajstić information content (AvgIpc) is 2.27. The van der Waals surface area contributed by atoms with Crippen molar-refractivity contribution in [1.29, 1.82) is 0 Å². The summed E-state index contributed by atoms with van der Waals surface area (Å²) < 4.78 is 24.6. The lowest BCUT2D eigenvalue weighted by Crippen LogP contribution is -2.47. The zero-order chi connectivity index (χ0) is 11.8. The first-order valence-electron chi connectivity index (χ1n) is 5.50. The van der Waals surface area contributed by atoms with Crippen molar-refractivity contribution in [1.82, 2.24) is 9.80 Å². The van der Waals surface area contributed by atoms with Gasteiger partial charge in [-0.25, -0.2) is 4.21 Å². The molecule has 0 radical (unpaired) electrons. The molecule has 96 valence electrons. The maximum atomic E-state index is 10.1. The number of hydrogen-bond donors (Lipinski definition) is 1. The van der Waals surface area contributed by atoms with E-state index in [2.05, 4.69) is 14.0 Å². The molecule has 0 aromatic heterocycles. The van der Waals surface area contributed by atoms with Crippen molar-refractivity contribution in [2.24, 2.45) is 0 Å². The molecule has 1 saturated heterocycles. The molecule has 0 aromatic rings. The Labute approximate surface area is 98.7 Å². The summed E-state index contributed by atoms with van der Waals surface area (Å²) in [5.74, 6) is 0. The SMILES string of the molecule is O=S([O-])OCCCN1CCN(CCO)CC1. The molecule has 7 heteroatoms. The molecule has 1 heterocycles. The van der Waals surface area contributed by atoms with Gasteiger partial charge in [0.15, 0.2) is 0 Å². The third-order valence-corrected chi connectivity index (χ3v) is 3.04. The summed E-state index contributed by atoms with van der Waals surface area (Å²) in [6.07, 6.45) is 0.730. The first-order chi connectivity index (χ1) is 7.72. The van der Waals surface area contributed by atoms with Crippen molar-refractivity contribution >= 4 is 11.4 Å². The molecule has 0 aliphatic carbocycles. The number of aliphatic hydroxyl groups excluding tert-OH is 1. The molecular formula is C9H19N2O4S-. The molecule has 1 unspecified atom stereocenters. The van der Waals surface area contributed by atoms with Crippen LogP contribution in [0.4, 0.5) is 0 Å². The molecule has 6 nitrogen and oxygen atoms in total. The van der Waals surface area contributed by atoms with E-state index in [1.54, 1.807) is 0 Å². The molecule has 16 heavy (non-hydrogen) atoms. The summed E-state index contributed by atoms with van der Waals surface area (Å²) >= 11 is -2.38. The summed E-state index contributed by atoms with van der Waals surface area (Å²) in [5.41, 5.74) is 0. The fourth-order valence-corrected chi connectivity index (χ4v) is 2.05. The number of hydrogen-bond acceptors (Lipinski definition) is 6. The molecule has 0 bridgehead atoms. The van der Waals surface area contributed by atoms with E-state index >= 15 is 0 Å². The van der Waals surface area contributed by atoms with Gasteiger partial charge in [0.2, 0.25) is 0 Å². The van der Waals surface area contributed by atoms with Gasteiger partial charge in [-0.2, -0.15) is 0 Å². The Bertz CT molecular complexity index is 210. The molecule has 1 rings (SSSR count). The third-order valence-electron chi connectivity index (χ3n) is 2.68. The monoisotopic (exact) mass is 251 g/mol. The van der Waals surface area contributed by atoms with Crippen LogP contribution in [-0.2, 0) is 15.5 Å².